The van der Waals surface area contributed by atoms with Gasteiger partial charge >= 0.3 is 0 Å². The number of nitrogens with zero attached hydrogens (tertiary/aromatic N) is 2. The molecular weight excluding hydrogens is 386 g/mol. The molecule has 0 spiro atoms. The standard InChI is InChI=1S/C25H37N5O/c1-17-9-10-22-19(15-17)16-21(24(31)27-18(2)26)23(28-22)30-13-11-25(3,12-14-30)29-20-7-5-4-6-8-20/h9-10,15-16,18,20,29H,4-8,11-14,26H2,1-3H3,(H,27,31). The molecule has 1 unspecified atom stereocenters. The maximum atomic E-state index is 13.0. The smallest absolute Gasteiger partial charge is 0.256 e. The van der Waals surface area contributed by atoms with Gasteiger partial charge in [-0.15, -0.1) is 0 Å². The van der Waals surface area contributed by atoms with E-state index in [0.29, 0.717) is 11.6 Å². The van der Waals surface area contributed by atoms with Crippen LogP contribution < -0.4 is 21.3 Å². The minimum atomic E-state index is -0.405. The molecule has 1 aliphatic carbocycles. The Hall–Kier alpha value is -2.18. The molecule has 168 valence electrons. The number of aryl methyl sites for hydroxylation is 1. The van der Waals surface area contributed by atoms with Gasteiger partial charge in [-0.25, -0.2) is 4.98 Å². The molecule has 2 fully saturated rings. The van der Waals surface area contributed by atoms with Gasteiger partial charge in [0.2, 0.25) is 0 Å². The molecule has 1 atom stereocenters. The number of hydrogen-bond acceptors (Lipinski definition) is 5. The van der Waals surface area contributed by atoms with Crippen molar-refractivity contribution >= 4 is 22.6 Å². The van der Waals surface area contributed by atoms with Crippen LogP contribution in [0.5, 0.6) is 0 Å². The first-order valence-corrected chi connectivity index (χ1v) is 11.8. The highest BCUT2D eigenvalue weighted by atomic mass is 16.1. The van der Waals surface area contributed by atoms with Crippen LogP contribution >= 0.6 is 0 Å². The van der Waals surface area contributed by atoms with E-state index < -0.39 is 6.17 Å². The van der Waals surface area contributed by atoms with Crippen LogP contribution in [0.15, 0.2) is 24.3 Å². The fraction of sp³-hybridized carbons (Fsp3) is 0.600. The van der Waals surface area contributed by atoms with Crippen LogP contribution in [0.2, 0.25) is 0 Å². The van der Waals surface area contributed by atoms with Crippen LogP contribution in [0, 0.1) is 6.92 Å². The molecule has 2 aliphatic rings. The number of pyridine rings is 1. The quantitative estimate of drug-likeness (QED) is 0.636. The van der Waals surface area contributed by atoms with Crippen molar-refractivity contribution in [2.45, 2.75) is 83.5 Å². The van der Waals surface area contributed by atoms with E-state index >= 15 is 0 Å². The van der Waals surface area contributed by atoms with Crippen molar-refractivity contribution in [1.82, 2.24) is 15.6 Å². The lowest BCUT2D eigenvalue weighted by atomic mass is 9.86. The van der Waals surface area contributed by atoms with Crippen LogP contribution in [-0.2, 0) is 0 Å². The summed E-state index contributed by atoms with van der Waals surface area (Å²) in [5, 5.41) is 7.80. The summed E-state index contributed by atoms with van der Waals surface area (Å²) in [4.78, 5) is 20.2. The first-order chi connectivity index (χ1) is 14.8. The summed E-state index contributed by atoms with van der Waals surface area (Å²) in [5.41, 5.74) is 8.69. The highest BCUT2D eigenvalue weighted by Gasteiger charge is 2.34. The predicted molar refractivity (Wildman–Crippen MR) is 127 cm³/mol. The molecule has 0 radical (unpaired) electrons. The molecule has 0 bridgehead atoms. The van der Waals surface area contributed by atoms with Gasteiger partial charge in [0, 0.05) is 30.1 Å². The molecule has 1 amide bonds. The van der Waals surface area contributed by atoms with Gasteiger partial charge in [-0.05, 0) is 64.7 Å². The van der Waals surface area contributed by atoms with Gasteiger partial charge in [0.15, 0.2) is 0 Å². The van der Waals surface area contributed by atoms with Gasteiger partial charge in [-0.3, -0.25) is 4.79 Å². The highest BCUT2D eigenvalue weighted by Crippen LogP contribution is 2.31. The number of amides is 1. The number of piperidine rings is 1. The first kappa shape index (κ1) is 22.0. The van der Waals surface area contributed by atoms with Gasteiger partial charge in [0.1, 0.15) is 5.82 Å². The van der Waals surface area contributed by atoms with Gasteiger partial charge in [-0.2, -0.15) is 0 Å². The zero-order valence-electron chi connectivity index (χ0n) is 19.2. The fourth-order valence-corrected chi connectivity index (χ4v) is 5.07. The summed E-state index contributed by atoms with van der Waals surface area (Å²) < 4.78 is 0. The van der Waals surface area contributed by atoms with E-state index in [9.17, 15) is 4.79 Å². The van der Waals surface area contributed by atoms with E-state index in [2.05, 4.69) is 41.5 Å². The largest absolute Gasteiger partial charge is 0.356 e. The van der Waals surface area contributed by atoms with Crippen LogP contribution in [-0.4, -0.2) is 41.7 Å². The van der Waals surface area contributed by atoms with Crippen molar-refractivity contribution in [1.29, 1.82) is 0 Å². The lowest BCUT2D eigenvalue weighted by molar-refractivity contribution is 0.0941. The third-order valence-corrected chi connectivity index (χ3v) is 6.88. The van der Waals surface area contributed by atoms with Crippen molar-refractivity contribution in [3.8, 4) is 0 Å². The van der Waals surface area contributed by atoms with Crippen LogP contribution in [0.4, 0.5) is 5.82 Å². The molecular formula is C25H37N5O. The Kier molecular flexibility index (Phi) is 6.49. The summed E-state index contributed by atoms with van der Waals surface area (Å²) in [7, 11) is 0. The monoisotopic (exact) mass is 423 g/mol. The second kappa shape index (κ2) is 9.13. The zero-order valence-corrected chi connectivity index (χ0v) is 19.2. The van der Waals surface area contributed by atoms with Crippen molar-refractivity contribution in [3.63, 3.8) is 0 Å². The predicted octanol–water partition coefficient (Wildman–Crippen LogP) is 3.86. The molecule has 2 heterocycles. The zero-order chi connectivity index (χ0) is 22.0. The Balaban J connectivity index is 1.56. The van der Waals surface area contributed by atoms with E-state index in [1.807, 2.05) is 12.1 Å². The number of aromatic nitrogens is 1. The molecule has 6 nitrogen and oxygen atoms in total. The van der Waals surface area contributed by atoms with Gasteiger partial charge in [-0.1, -0.05) is 30.9 Å². The van der Waals surface area contributed by atoms with Crippen LogP contribution in [0.1, 0.15) is 74.7 Å². The number of fused-ring (bicyclic) bond motifs is 1. The van der Waals surface area contributed by atoms with Gasteiger partial charge < -0.3 is 21.3 Å². The minimum absolute atomic E-state index is 0.153. The van der Waals surface area contributed by atoms with Crippen molar-refractivity contribution in [3.05, 3.63) is 35.4 Å². The van der Waals surface area contributed by atoms with Gasteiger partial charge in [0.05, 0.1) is 17.2 Å². The Morgan fingerprint density at radius 2 is 1.90 bits per heavy atom. The minimum Gasteiger partial charge on any atom is -0.356 e. The molecule has 4 N–H and O–H groups in total. The third-order valence-electron chi connectivity index (χ3n) is 6.88. The van der Waals surface area contributed by atoms with Crippen molar-refractivity contribution < 1.29 is 4.79 Å². The SMILES string of the molecule is Cc1ccc2nc(N3CCC(C)(NC4CCCCC4)CC3)c(C(=O)NC(C)N)cc2c1. The van der Waals surface area contributed by atoms with Crippen molar-refractivity contribution in [2.24, 2.45) is 5.73 Å². The van der Waals surface area contributed by atoms with Crippen LogP contribution in [0.3, 0.4) is 0 Å². The second-order valence-corrected chi connectivity index (χ2v) is 9.84. The topological polar surface area (TPSA) is 83.3 Å². The summed E-state index contributed by atoms with van der Waals surface area (Å²) in [6.07, 6.45) is 8.35. The molecule has 1 aromatic carbocycles. The van der Waals surface area contributed by atoms with Crippen LogP contribution in [0.25, 0.3) is 10.9 Å². The molecule has 1 saturated heterocycles. The summed E-state index contributed by atoms with van der Waals surface area (Å²) in [5.74, 6) is 0.615. The first-order valence-electron chi connectivity index (χ1n) is 11.8. The Labute approximate surface area is 186 Å². The Morgan fingerprint density at radius 1 is 1.19 bits per heavy atom. The maximum absolute atomic E-state index is 13.0. The fourth-order valence-electron chi connectivity index (χ4n) is 5.07. The number of hydrogen-bond donors (Lipinski definition) is 3. The van der Waals surface area contributed by atoms with E-state index in [1.54, 1.807) is 6.92 Å². The maximum Gasteiger partial charge on any atom is 0.256 e. The third kappa shape index (κ3) is 5.18. The summed E-state index contributed by atoms with van der Waals surface area (Å²) in [6, 6.07) is 8.81. The van der Waals surface area contributed by atoms with Crippen molar-refractivity contribution in [2.75, 3.05) is 18.0 Å². The number of benzene rings is 1. The normalized spacial score (nSPS) is 20.6. The van der Waals surface area contributed by atoms with Gasteiger partial charge in [0.25, 0.3) is 5.91 Å². The Bertz CT molecular complexity index is 927. The molecule has 2 aromatic rings. The number of anilines is 1. The number of nitrogens with two attached hydrogens (primary N) is 1. The lowest BCUT2D eigenvalue weighted by Crippen LogP contribution is -2.55. The highest BCUT2D eigenvalue weighted by molar-refractivity contribution is 6.02. The molecule has 1 saturated carbocycles. The molecule has 6 heteroatoms. The molecule has 1 aromatic heterocycles. The van der Waals surface area contributed by atoms with E-state index in [4.69, 9.17) is 10.7 Å². The van der Waals surface area contributed by atoms with E-state index in [-0.39, 0.29) is 11.4 Å². The lowest BCUT2D eigenvalue weighted by Gasteiger charge is -2.43. The van der Waals surface area contributed by atoms with E-state index in [1.165, 1.54) is 32.1 Å². The molecule has 1 aliphatic heterocycles. The van der Waals surface area contributed by atoms with E-state index in [0.717, 1.165) is 48.2 Å². The summed E-state index contributed by atoms with van der Waals surface area (Å²) >= 11 is 0. The second-order valence-electron chi connectivity index (χ2n) is 9.84. The summed E-state index contributed by atoms with van der Waals surface area (Å²) in [6.45, 7) is 7.97. The average molecular weight is 424 g/mol. The number of nitrogens with one attached hydrogen (secondary N) is 2. The number of carbonyl (C=O) groups excluding carboxylic acids is 1. The number of rotatable bonds is 5. The Morgan fingerprint density at radius 3 is 2.58 bits per heavy atom. The molecule has 31 heavy (non-hydrogen) atoms. The average Bonchev–Trinajstić information content (AvgIpc) is 2.73. The molecule has 4 rings (SSSR count). The number of carbonyl (C=O) groups is 1.